The van der Waals surface area contributed by atoms with Crippen LogP contribution >= 0.6 is 0 Å². The van der Waals surface area contributed by atoms with Gasteiger partial charge in [-0.2, -0.15) is 4.98 Å². The number of carbonyl (C=O) groups excluding carboxylic acids is 1. The van der Waals surface area contributed by atoms with Gasteiger partial charge in [-0.15, -0.1) is 0 Å². The van der Waals surface area contributed by atoms with E-state index < -0.39 is 11.7 Å². The molecule has 178 valence electrons. The van der Waals surface area contributed by atoms with E-state index in [-0.39, 0.29) is 23.7 Å². The van der Waals surface area contributed by atoms with Crippen molar-refractivity contribution < 1.29 is 19.5 Å². The molecule has 6 aliphatic rings. The summed E-state index contributed by atoms with van der Waals surface area (Å²) in [5, 5.41) is 28.6. The molecule has 3 heterocycles. The van der Waals surface area contributed by atoms with Crippen LogP contribution in [0.2, 0.25) is 0 Å². The Labute approximate surface area is 197 Å². The molecule has 0 aromatic carbocycles. The van der Waals surface area contributed by atoms with E-state index in [1.54, 1.807) is 11.1 Å². The molecule has 3 unspecified atom stereocenters. The molecule has 9 heteroatoms. The molecule has 3 atom stereocenters. The predicted molar refractivity (Wildman–Crippen MR) is 123 cm³/mol. The first-order valence-corrected chi connectivity index (χ1v) is 12.4. The molecular weight excluding hydrogens is 434 g/mol. The van der Waals surface area contributed by atoms with E-state index >= 15 is 0 Å². The first kappa shape index (κ1) is 20.6. The number of aliphatic hydroxyl groups excluding tert-OH is 1. The Kier molecular flexibility index (Phi) is 4.45. The maximum absolute atomic E-state index is 12.8. The van der Waals surface area contributed by atoms with Gasteiger partial charge in [-0.05, 0) is 56.3 Å². The summed E-state index contributed by atoms with van der Waals surface area (Å²) in [6, 6.07) is 0.284. The Morgan fingerprint density at radius 1 is 1.24 bits per heavy atom. The van der Waals surface area contributed by atoms with Crippen LogP contribution in [-0.4, -0.2) is 67.0 Å². The van der Waals surface area contributed by atoms with Gasteiger partial charge in [0.15, 0.2) is 0 Å². The number of rotatable bonds is 4. The molecule has 0 radical (unpaired) electrons. The fourth-order valence-corrected chi connectivity index (χ4v) is 7.39. The molecule has 5 fully saturated rings. The van der Waals surface area contributed by atoms with Crippen LogP contribution < -0.4 is 5.32 Å². The minimum Gasteiger partial charge on any atom is -0.391 e. The number of pyridine rings is 1. The first-order chi connectivity index (χ1) is 16.5. The number of β-amino-alcohol motifs (C(OH)–C–C–N with tert-alkyl or cyclic N) is 1. The van der Waals surface area contributed by atoms with Gasteiger partial charge in [-0.25, -0.2) is 0 Å². The van der Waals surface area contributed by atoms with Crippen molar-refractivity contribution >= 4 is 17.7 Å². The molecule has 4 bridgehead atoms. The number of aliphatic hydroxyl groups is 2. The van der Waals surface area contributed by atoms with Crippen LogP contribution in [-0.2, 0) is 6.42 Å². The number of likely N-dealkylation sites (tertiary alicyclic amines) is 1. The van der Waals surface area contributed by atoms with Crippen molar-refractivity contribution in [2.75, 3.05) is 18.4 Å². The highest BCUT2D eigenvalue weighted by Gasteiger charge is 2.55. The first-order valence-electron chi connectivity index (χ1n) is 12.4. The molecule has 8 rings (SSSR count). The molecule has 3 N–H and O–H groups in total. The second-order valence-corrected chi connectivity index (χ2v) is 11.0. The fourth-order valence-electron chi connectivity index (χ4n) is 7.39. The number of fused-ring (bicyclic) bond motifs is 1. The zero-order valence-corrected chi connectivity index (χ0v) is 19.0. The standard InChI is InChI=1S/C25H29N5O4/c31-16-4-5-30(12-16)24(32)22-28-23(34-29-22)18-11-26-19-3-1-2-17(19)21(18)27-20-14-6-13-7-15(20)10-25(33,8-13)9-14/h1-2,11,13-16,20,31,33H,3-10,12H2,(H,26,27). The molecule has 1 amide bonds. The number of anilines is 1. The summed E-state index contributed by atoms with van der Waals surface area (Å²) in [7, 11) is 0. The highest BCUT2D eigenvalue weighted by Crippen LogP contribution is 2.56. The largest absolute Gasteiger partial charge is 0.391 e. The highest BCUT2D eigenvalue weighted by atomic mass is 16.5. The third kappa shape index (κ3) is 3.20. The maximum Gasteiger partial charge on any atom is 0.295 e. The second-order valence-electron chi connectivity index (χ2n) is 11.0. The van der Waals surface area contributed by atoms with Gasteiger partial charge in [0.2, 0.25) is 0 Å². The van der Waals surface area contributed by atoms with E-state index in [1.165, 1.54) is 0 Å². The van der Waals surface area contributed by atoms with E-state index in [2.05, 4.69) is 32.6 Å². The monoisotopic (exact) mass is 463 g/mol. The second kappa shape index (κ2) is 7.36. The van der Waals surface area contributed by atoms with Crippen molar-refractivity contribution in [3.05, 3.63) is 29.4 Å². The molecule has 34 heavy (non-hydrogen) atoms. The summed E-state index contributed by atoms with van der Waals surface area (Å²) in [5.74, 6) is 1.46. The predicted octanol–water partition coefficient (Wildman–Crippen LogP) is 2.26. The van der Waals surface area contributed by atoms with Gasteiger partial charge in [0, 0.05) is 37.3 Å². The van der Waals surface area contributed by atoms with Crippen molar-refractivity contribution in [1.29, 1.82) is 0 Å². The fraction of sp³-hybridized carbons (Fsp3) is 0.600. The van der Waals surface area contributed by atoms with Crippen LogP contribution in [0.25, 0.3) is 17.5 Å². The number of hydrogen-bond donors (Lipinski definition) is 3. The number of nitrogens with one attached hydrogen (secondary N) is 1. The molecule has 5 aliphatic carbocycles. The average molecular weight is 464 g/mol. The summed E-state index contributed by atoms with van der Waals surface area (Å²) in [6.07, 6.45) is 11.8. The molecule has 9 nitrogen and oxygen atoms in total. The minimum atomic E-state index is -0.502. The lowest BCUT2D eigenvalue weighted by molar-refractivity contribution is -0.129. The Bertz CT molecular complexity index is 1180. The summed E-state index contributed by atoms with van der Waals surface area (Å²) >= 11 is 0. The SMILES string of the molecule is O=C(c1noc(-c2cnc3c(c2NC2C4CC5CC2CC(O)(C5)C4)C=CC3)n1)N1CCC(O)C1. The van der Waals surface area contributed by atoms with Crippen molar-refractivity contribution in [3.8, 4) is 11.5 Å². The van der Waals surface area contributed by atoms with Crippen LogP contribution in [0, 0.1) is 17.8 Å². The molecular formula is C25H29N5O4. The Balaban J connectivity index is 1.22. The number of amides is 1. The third-order valence-corrected chi connectivity index (χ3v) is 8.64. The highest BCUT2D eigenvalue weighted by molar-refractivity contribution is 5.91. The van der Waals surface area contributed by atoms with Gasteiger partial charge in [-0.1, -0.05) is 17.3 Å². The maximum atomic E-state index is 12.8. The molecule has 0 spiro atoms. The van der Waals surface area contributed by atoms with Gasteiger partial charge in [0.1, 0.15) is 0 Å². The van der Waals surface area contributed by atoms with E-state index in [4.69, 9.17) is 4.52 Å². The van der Waals surface area contributed by atoms with Crippen LogP contribution in [0.3, 0.4) is 0 Å². The molecule has 1 aliphatic heterocycles. The van der Waals surface area contributed by atoms with Gasteiger partial charge >= 0.3 is 0 Å². The van der Waals surface area contributed by atoms with Crippen molar-refractivity contribution in [3.63, 3.8) is 0 Å². The molecule has 2 aromatic heterocycles. The summed E-state index contributed by atoms with van der Waals surface area (Å²) in [5.41, 5.74) is 3.20. The lowest BCUT2D eigenvalue weighted by atomic mass is 9.52. The summed E-state index contributed by atoms with van der Waals surface area (Å²) in [4.78, 5) is 23.4. The normalized spacial score (nSPS) is 35.2. The van der Waals surface area contributed by atoms with E-state index in [0.29, 0.717) is 42.8 Å². The summed E-state index contributed by atoms with van der Waals surface area (Å²) < 4.78 is 5.57. The Hall–Kier alpha value is -2.78. The molecule has 2 aromatic rings. The third-order valence-electron chi connectivity index (χ3n) is 8.64. The van der Waals surface area contributed by atoms with Gasteiger partial charge in [0.05, 0.1) is 28.6 Å². The number of aromatic nitrogens is 3. The van der Waals surface area contributed by atoms with E-state index in [9.17, 15) is 15.0 Å². The number of hydrogen-bond acceptors (Lipinski definition) is 8. The van der Waals surface area contributed by atoms with E-state index in [1.807, 2.05) is 0 Å². The van der Waals surface area contributed by atoms with Gasteiger partial charge < -0.3 is 25.0 Å². The number of allylic oxidation sites excluding steroid dienone is 1. The zero-order chi connectivity index (χ0) is 23.0. The smallest absolute Gasteiger partial charge is 0.295 e. The minimum absolute atomic E-state index is 0.00272. The van der Waals surface area contributed by atoms with Gasteiger partial charge in [-0.3, -0.25) is 9.78 Å². The molecule has 4 saturated carbocycles. The van der Waals surface area contributed by atoms with Crippen molar-refractivity contribution in [2.24, 2.45) is 17.8 Å². The topological polar surface area (TPSA) is 125 Å². The molecule has 1 saturated heterocycles. The van der Waals surface area contributed by atoms with Crippen molar-refractivity contribution in [1.82, 2.24) is 20.0 Å². The lowest BCUT2D eigenvalue weighted by Gasteiger charge is -2.58. The quantitative estimate of drug-likeness (QED) is 0.631. The van der Waals surface area contributed by atoms with Crippen LogP contribution in [0.5, 0.6) is 0 Å². The Morgan fingerprint density at radius 2 is 2.06 bits per heavy atom. The number of nitrogens with zero attached hydrogens (tertiary/aromatic N) is 4. The number of carbonyl (C=O) groups is 1. The average Bonchev–Trinajstić information content (AvgIpc) is 3.55. The van der Waals surface area contributed by atoms with Crippen LogP contribution in [0.4, 0.5) is 5.69 Å². The van der Waals surface area contributed by atoms with Crippen LogP contribution in [0.1, 0.15) is 60.4 Å². The Morgan fingerprint density at radius 3 is 2.79 bits per heavy atom. The van der Waals surface area contributed by atoms with Crippen LogP contribution in [0.15, 0.2) is 16.8 Å². The lowest BCUT2D eigenvalue weighted by Crippen LogP contribution is -2.59. The summed E-state index contributed by atoms with van der Waals surface area (Å²) in [6.45, 7) is 0.776. The van der Waals surface area contributed by atoms with Crippen molar-refractivity contribution in [2.45, 2.75) is 62.7 Å². The zero-order valence-electron chi connectivity index (χ0n) is 19.0. The van der Waals surface area contributed by atoms with E-state index in [0.717, 1.165) is 55.5 Å². The van der Waals surface area contributed by atoms with Gasteiger partial charge in [0.25, 0.3) is 17.6 Å².